The van der Waals surface area contributed by atoms with Gasteiger partial charge >= 0.3 is 0 Å². The van der Waals surface area contributed by atoms with Crippen molar-refractivity contribution in [3.05, 3.63) is 52.3 Å². The average molecular weight is 309 g/mol. The minimum Gasteiger partial charge on any atom is -0.463 e. The molecule has 1 aromatic carbocycles. The Kier molecular flexibility index (Phi) is 3.20. The maximum atomic E-state index is 12.3. The number of furan rings is 1. The van der Waals surface area contributed by atoms with Gasteiger partial charge in [0.15, 0.2) is 5.58 Å². The van der Waals surface area contributed by atoms with Crippen molar-refractivity contribution in [2.24, 2.45) is 7.05 Å². The van der Waals surface area contributed by atoms with Crippen LogP contribution in [0.3, 0.4) is 0 Å². The van der Waals surface area contributed by atoms with Crippen molar-refractivity contribution in [1.29, 1.82) is 0 Å². The van der Waals surface area contributed by atoms with Crippen LogP contribution in [0.5, 0.6) is 0 Å². The predicted molar refractivity (Wildman–Crippen MR) is 79.6 cm³/mol. The highest BCUT2D eigenvalue weighted by atomic mass is 35.5. The smallest absolute Gasteiger partial charge is 0.272 e. The molecule has 0 radical (unpaired) electrons. The molecule has 0 aliphatic rings. The van der Waals surface area contributed by atoms with E-state index in [1.807, 2.05) is 0 Å². The number of carbonyl (C=O) groups excluding carboxylic acids is 1. The summed E-state index contributed by atoms with van der Waals surface area (Å²) in [7, 11) is 1.80. The molecule has 6 heteroatoms. The minimum absolute atomic E-state index is 0.261. The Morgan fingerprint density at radius 3 is 2.75 bits per heavy atom. The molecule has 2 aromatic heterocycles. The summed E-state index contributed by atoms with van der Waals surface area (Å²) in [5, 5.41) is 3.66. The van der Waals surface area contributed by atoms with Gasteiger partial charge in [-0.1, -0.05) is 23.2 Å². The molecular formula is C14H10Cl2N2O2. The van der Waals surface area contributed by atoms with Crippen LogP contribution in [0.15, 0.2) is 41.0 Å². The van der Waals surface area contributed by atoms with Gasteiger partial charge in [0, 0.05) is 24.2 Å². The van der Waals surface area contributed by atoms with Crippen LogP contribution < -0.4 is 5.32 Å². The normalized spacial score (nSPS) is 10.9. The summed E-state index contributed by atoms with van der Waals surface area (Å²) in [5.41, 5.74) is 2.53. The zero-order chi connectivity index (χ0) is 14.3. The van der Waals surface area contributed by atoms with Gasteiger partial charge in [0.1, 0.15) is 5.69 Å². The minimum atomic E-state index is -0.261. The number of fused-ring (bicyclic) bond motifs is 1. The molecule has 0 atom stereocenters. The third-order valence-electron chi connectivity index (χ3n) is 3.08. The molecule has 1 amide bonds. The Hall–Kier alpha value is -1.91. The summed E-state index contributed by atoms with van der Waals surface area (Å²) in [6.45, 7) is 0. The second-order valence-corrected chi connectivity index (χ2v) is 5.18. The maximum absolute atomic E-state index is 12.3. The lowest BCUT2D eigenvalue weighted by molar-refractivity contribution is 0.101. The number of carbonyl (C=O) groups is 1. The second-order valence-electron chi connectivity index (χ2n) is 4.34. The van der Waals surface area contributed by atoms with E-state index < -0.39 is 0 Å². The molecule has 20 heavy (non-hydrogen) atoms. The van der Waals surface area contributed by atoms with E-state index in [0.717, 1.165) is 5.52 Å². The van der Waals surface area contributed by atoms with E-state index in [1.54, 1.807) is 48.2 Å². The molecule has 0 fully saturated rings. The molecule has 0 saturated heterocycles. The molecule has 0 aliphatic heterocycles. The van der Waals surface area contributed by atoms with Crippen LogP contribution in [-0.4, -0.2) is 10.5 Å². The summed E-state index contributed by atoms with van der Waals surface area (Å²) < 4.78 is 7.04. The number of aryl methyl sites for hydroxylation is 1. The monoisotopic (exact) mass is 308 g/mol. The van der Waals surface area contributed by atoms with Crippen LogP contribution >= 0.6 is 23.2 Å². The molecule has 3 aromatic rings. The SMILES string of the molecule is Cn1c(C(=O)Nc2ccc(Cl)cc2Cl)cc2occc21. The molecular weight excluding hydrogens is 299 g/mol. The first kappa shape index (κ1) is 13.1. The zero-order valence-corrected chi connectivity index (χ0v) is 12.0. The van der Waals surface area contributed by atoms with Gasteiger partial charge in [0.05, 0.1) is 22.5 Å². The van der Waals surface area contributed by atoms with Crippen LogP contribution in [0.2, 0.25) is 10.0 Å². The summed E-state index contributed by atoms with van der Waals surface area (Å²) in [5.74, 6) is -0.261. The van der Waals surface area contributed by atoms with Crippen molar-refractivity contribution in [3.8, 4) is 0 Å². The molecule has 3 rings (SSSR count). The van der Waals surface area contributed by atoms with Gasteiger partial charge in [-0.05, 0) is 18.2 Å². The molecule has 2 heterocycles. The molecule has 0 aliphatic carbocycles. The molecule has 4 nitrogen and oxygen atoms in total. The molecule has 0 spiro atoms. The summed E-state index contributed by atoms with van der Waals surface area (Å²) in [6.07, 6.45) is 1.59. The highest BCUT2D eigenvalue weighted by molar-refractivity contribution is 6.36. The van der Waals surface area contributed by atoms with Crippen LogP contribution in [-0.2, 0) is 7.05 Å². The molecule has 102 valence electrons. The number of nitrogens with one attached hydrogen (secondary N) is 1. The Morgan fingerprint density at radius 2 is 2.05 bits per heavy atom. The summed E-state index contributed by atoms with van der Waals surface area (Å²) in [4.78, 5) is 12.3. The van der Waals surface area contributed by atoms with Crippen molar-refractivity contribution < 1.29 is 9.21 Å². The fourth-order valence-electron chi connectivity index (χ4n) is 2.05. The Morgan fingerprint density at radius 1 is 1.25 bits per heavy atom. The zero-order valence-electron chi connectivity index (χ0n) is 10.5. The van der Waals surface area contributed by atoms with Gasteiger partial charge in [-0.3, -0.25) is 4.79 Å². The van der Waals surface area contributed by atoms with Crippen molar-refractivity contribution in [1.82, 2.24) is 4.57 Å². The maximum Gasteiger partial charge on any atom is 0.272 e. The first-order valence-electron chi connectivity index (χ1n) is 5.85. The summed E-state index contributed by atoms with van der Waals surface area (Å²) >= 11 is 11.9. The lowest BCUT2D eigenvalue weighted by Crippen LogP contribution is -2.15. The van der Waals surface area contributed by atoms with Gasteiger partial charge < -0.3 is 14.3 Å². The number of anilines is 1. The Balaban J connectivity index is 1.92. The predicted octanol–water partition coefficient (Wildman–Crippen LogP) is 4.33. The standard InChI is InChI=1S/C14H10Cl2N2O2/c1-18-11-4-5-20-13(11)7-12(18)14(19)17-10-3-2-8(15)6-9(10)16/h2-7H,1H3,(H,17,19). The van der Waals surface area contributed by atoms with Crippen molar-refractivity contribution >= 4 is 45.9 Å². The molecule has 0 bridgehead atoms. The lowest BCUT2D eigenvalue weighted by Gasteiger charge is -2.08. The van der Waals surface area contributed by atoms with E-state index in [9.17, 15) is 4.79 Å². The summed E-state index contributed by atoms with van der Waals surface area (Å²) in [6, 6.07) is 8.40. The van der Waals surface area contributed by atoms with E-state index in [4.69, 9.17) is 27.6 Å². The number of amides is 1. The van der Waals surface area contributed by atoms with Crippen molar-refractivity contribution in [2.45, 2.75) is 0 Å². The van der Waals surface area contributed by atoms with E-state index in [0.29, 0.717) is 27.0 Å². The third-order valence-corrected chi connectivity index (χ3v) is 3.62. The Labute approximate surface area is 124 Å². The molecule has 0 saturated carbocycles. The van der Waals surface area contributed by atoms with E-state index >= 15 is 0 Å². The van der Waals surface area contributed by atoms with Crippen LogP contribution in [0.1, 0.15) is 10.5 Å². The van der Waals surface area contributed by atoms with Gasteiger partial charge in [0.2, 0.25) is 0 Å². The van der Waals surface area contributed by atoms with E-state index in [-0.39, 0.29) is 5.91 Å². The second kappa shape index (κ2) is 4.89. The number of benzene rings is 1. The molecule has 1 N–H and O–H groups in total. The number of nitrogens with zero attached hydrogens (tertiary/aromatic N) is 1. The number of rotatable bonds is 2. The van der Waals surface area contributed by atoms with E-state index in [2.05, 4.69) is 5.32 Å². The quantitative estimate of drug-likeness (QED) is 0.766. The fourth-order valence-corrected chi connectivity index (χ4v) is 2.50. The average Bonchev–Trinajstić information content (AvgIpc) is 2.96. The topological polar surface area (TPSA) is 47.2 Å². The number of hydrogen-bond donors (Lipinski definition) is 1. The third kappa shape index (κ3) is 2.17. The largest absolute Gasteiger partial charge is 0.463 e. The van der Waals surface area contributed by atoms with E-state index in [1.165, 1.54) is 0 Å². The Bertz CT molecular complexity index is 805. The van der Waals surface area contributed by atoms with Crippen LogP contribution in [0.25, 0.3) is 11.1 Å². The van der Waals surface area contributed by atoms with Crippen LogP contribution in [0.4, 0.5) is 5.69 Å². The fraction of sp³-hybridized carbons (Fsp3) is 0.0714. The number of aromatic nitrogens is 1. The first-order valence-corrected chi connectivity index (χ1v) is 6.61. The van der Waals surface area contributed by atoms with Crippen LogP contribution in [0, 0.1) is 0 Å². The van der Waals surface area contributed by atoms with Gasteiger partial charge in [-0.25, -0.2) is 0 Å². The highest BCUT2D eigenvalue weighted by Gasteiger charge is 2.16. The van der Waals surface area contributed by atoms with Crippen molar-refractivity contribution in [2.75, 3.05) is 5.32 Å². The van der Waals surface area contributed by atoms with Crippen molar-refractivity contribution in [3.63, 3.8) is 0 Å². The molecule has 0 unspecified atom stereocenters. The van der Waals surface area contributed by atoms with Gasteiger partial charge in [-0.2, -0.15) is 0 Å². The number of halogens is 2. The lowest BCUT2D eigenvalue weighted by atomic mass is 10.3. The first-order chi connectivity index (χ1) is 9.56. The highest BCUT2D eigenvalue weighted by Crippen LogP contribution is 2.26. The van der Waals surface area contributed by atoms with Gasteiger partial charge in [0.25, 0.3) is 5.91 Å². The van der Waals surface area contributed by atoms with Gasteiger partial charge in [-0.15, -0.1) is 0 Å². The number of hydrogen-bond acceptors (Lipinski definition) is 2.